The average molecular weight is 301 g/mol. The number of benzene rings is 1. The summed E-state index contributed by atoms with van der Waals surface area (Å²) in [5.41, 5.74) is 2.54. The molecule has 0 saturated carbocycles. The van der Waals surface area contributed by atoms with Crippen LogP contribution in [-0.2, 0) is 6.54 Å². The summed E-state index contributed by atoms with van der Waals surface area (Å²) in [7, 11) is 0. The number of amides is 1. The van der Waals surface area contributed by atoms with E-state index >= 15 is 0 Å². The average Bonchev–Trinajstić information content (AvgIpc) is 3.14. The van der Waals surface area contributed by atoms with E-state index in [1.54, 1.807) is 10.7 Å². The number of aromatic nitrogens is 4. The van der Waals surface area contributed by atoms with E-state index in [1.807, 2.05) is 12.1 Å². The normalized spacial score (nSPS) is 13.7. The molecule has 0 fully saturated rings. The minimum absolute atomic E-state index is 0.251. The van der Waals surface area contributed by atoms with Crippen LogP contribution in [0.3, 0.4) is 0 Å². The standard InChI is InChI=1S/C13H11N5O2S/c19-12(8-7-14-18-5-2-6-20-13(8)18)15-9-3-1-4-10-11(9)17-21-16-10/h1,3-4,7H,2,5-6H2,(H,15,19). The summed E-state index contributed by atoms with van der Waals surface area (Å²) < 4.78 is 15.6. The Bertz CT molecular complexity index is 825. The number of anilines is 1. The van der Waals surface area contributed by atoms with Crippen molar-refractivity contribution in [3.63, 3.8) is 0 Å². The van der Waals surface area contributed by atoms with Crippen molar-refractivity contribution >= 4 is 34.4 Å². The SMILES string of the molecule is O=C(Nc1cccc2nsnc12)c1cnn2c1OCCC2. The van der Waals surface area contributed by atoms with E-state index in [0.717, 1.165) is 30.2 Å². The van der Waals surface area contributed by atoms with Crippen molar-refractivity contribution in [2.24, 2.45) is 0 Å². The molecule has 0 bridgehead atoms. The number of rotatable bonds is 2. The molecular formula is C13H11N5O2S. The maximum Gasteiger partial charge on any atom is 0.262 e. The lowest BCUT2D eigenvalue weighted by atomic mass is 10.2. The van der Waals surface area contributed by atoms with Gasteiger partial charge in [-0.05, 0) is 12.1 Å². The molecule has 8 heteroatoms. The van der Waals surface area contributed by atoms with E-state index in [0.29, 0.717) is 29.3 Å². The third-order valence-electron chi connectivity index (χ3n) is 3.32. The Hall–Kier alpha value is -2.48. The van der Waals surface area contributed by atoms with Gasteiger partial charge in [-0.2, -0.15) is 13.8 Å². The highest BCUT2D eigenvalue weighted by molar-refractivity contribution is 7.00. The van der Waals surface area contributed by atoms with Crippen molar-refractivity contribution in [1.29, 1.82) is 0 Å². The molecule has 7 nitrogen and oxygen atoms in total. The minimum Gasteiger partial charge on any atom is -0.477 e. The largest absolute Gasteiger partial charge is 0.477 e. The quantitative estimate of drug-likeness (QED) is 0.782. The zero-order chi connectivity index (χ0) is 14.2. The lowest BCUT2D eigenvalue weighted by Crippen LogP contribution is -2.18. The van der Waals surface area contributed by atoms with E-state index in [-0.39, 0.29) is 5.91 Å². The number of fused-ring (bicyclic) bond motifs is 2. The van der Waals surface area contributed by atoms with Crippen LogP contribution in [0.4, 0.5) is 5.69 Å². The second kappa shape index (κ2) is 4.81. The van der Waals surface area contributed by atoms with Gasteiger partial charge in [-0.15, -0.1) is 0 Å². The Kier molecular flexibility index (Phi) is 2.81. The molecule has 1 aromatic carbocycles. The first kappa shape index (κ1) is 12.3. The van der Waals surface area contributed by atoms with Gasteiger partial charge in [-0.25, -0.2) is 4.68 Å². The summed E-state index contributed by atoms with van der Waals surface area (Å²) in [6, 6.07) is 5.50. The molecule has 1 amide bonds. The summed E-state index contributed by atoms with van der Waals surface area (Å²) >= 11 is 1.12. The van der Waals surface area contributed by atoms with Crippen LogP contribution in [0.15, 0.2) is 24.4 Å². The minimum atomic E-state index is -0.251. The highest BCUT2D eigenvalue weighted by atomic mass is 32.1. The number of nitrogens with zero attached hydrogens (tertiary/aromatic N) is 4. The van der Waals surface area contributed by atoms with Crippen LogP contribution in [-0.4, -0.2) is 31.0 Å². The van der Waals surface area contributed by atoms with Gasteiger partial charge >= 0.3 is 0 Å². The summed E-state index contributed by atoms with van der Waals surface area (Å²) in [5.74, 6) is 0.279. The molecule has 3 aromatic rings. The van der Waals surface area contributed by atoms with E-state index in [2.05, 4.69) is 19.2 Å². The van der Waals surface area contributed by atoms with E-state index in [9.17, 15) is 4.79 Å². The van der Waals surface area contributed by atoms with Crippen molar-refractivity contribution in [3.8, 4) is 5.88 Å². The predicted molar refractivity (Wildman–Crippen MR) is 77.7 cm³/mol. The third-order valence-corrected chi connectivity index (χ3v) is 3.87. The molecule has 21 heavy (non-hydrogen) atoms. The number of carbonyl (C=O) groups is 1. The van der Waals surface area contributed by atoms with Crippen molar-refractivity contribution in [3.05, 3.63) is 30.0 Å². The lowest BCUT2D eigenvalue weighted by molar-refractivity contribution is 0.102. The number of ether oxygens (including phenoxy) is 1. The summed E-state index contributed by atoms with van der Waals surface area (Å²) in [6.45, 7) is 1.38. The van der Waals surface area contributed by atoms with E-state index in [1.165, 1.54) is 6.20 Å². The number of hydrogen-bond donors (Lipinski definition) is 1. The maximum absolute atomic E-state index is 12.4. The number of hydrogen-bond acceptors (Lipinski definition) is 6. The van der Waals surface area contributed by atoms with Crippen LogP contribution in [0.25, 0.3) is 11.0 Å². The number of carbonyl (C=O) groups excluding carboxylic acids is 1. The predicted octanol–water partition coefficient (Wildman–Crippen LogP) is 1.92. The molecular weight excluding hydrogens is 290 g/mol. The van der Waals surface area contributed by atoms with Gasteiger partial charge in [0.15, 0.2) is 0 Å². The van der Waals surface area contributed by atoms with E-state index in [4.69, 9.17) is 4.74 Å². The molecule has 0 unspecified atom stereocenters. The van der Waals surface area contributed by atoms with Crippen LogP contribution in [0, 0.1) is 0 Å². The topological polar surface area (TPSA) is 81.9 Å². The van der Waals surface area contributed by atoms with Crippen molar-refractivity contribution in [2.75, 3.05) is 11.9 Å². The van der Waals surface area contributed by atoms with Gasteiger partial charge < -0.3 is 10.1 Å². The second-order valence-electron chi connectivity index (χ2n) is 4.68. The molecule has 1 N–H and O–H groups in total. The fraction of sp³-hybridized carbons (Fsp3) is 0.231. The first-order valence-electron chi connectivity index (χ1n) is 6.54. The molecule has 3 heterocycles. The lowest BCUT2D eigenvalue weighted by Gasteiger charge is -2.15. The Labute approximate surface area is 123 Å². The number of aryl methyl sites for hydroxylation is 1. The highest BCUT2D eigenvalue weighted by Gasteiger charge is 2.22. The number of nitrogens with one attached hydrogen (secondary N) is 1. The Morgan fingerprint density at radius 2 is 2.33 bits per heavy atom. The van der Waals surface area contributed by atoms with Crippen LogP contribution in [0.5, 0.6) is 5.88 Å². The maximum atomic E-state index is 12.4. The summed E-state index contributed by atoms with van der Waals surface area (Å²) in [4.78, 5) is 12.4. The highest BCUT2D eigenvalue weighted by Crippen LogP contribution is 2.25. The van der Waals surface area contributed by atoms with Crippen molar-refractivity contribution < 1.29 is 9.53 Å². The smallest absolute Gasteiger partial charge is 0.262 e. The monoisotopic (exact) mass is 301 g/mol. The van der Waals surface area contributed by atoms with E-state index < -0.39 is 0 Å². The van der Waals surface area contributed by atoms with Gasteiger partial charge in [0.1, 0.15) is 16.6 Å². The molecule has 1 aliphatic rings. The van der Waals surface area contributed by atoms with Crippen LogP contribution < -0.4 is 10.1 Å². The van der Waals surface area contributed by atoms with Crippen molar-refractivity contribution in [2.45, 2.75) is 13.0 Å². The molecule has 0 spiro atoms. The van der Waals surface area contributed by atoms with Gasteiger partial charge in [0.05, 0.1) is 30.2 Å². The summed E-state index contributed by atoms with van der Waals surface area (Å²) in [6.07, 6.45) is 2.44. The van der Waals surface area contributed by atoms with Gasteiger partial charge in [-0.1, -0.05) is 6.07 Å². The van der Waals surface area contributed by atoms with Crippen molar-refractivity contribution in [1.82, 2.24) is 18.5 Å². The molecule has 2 aromatic heterocycles. The molecule has 4 rings (SSSR count). The first-order chi connectivity index (χ1) is 10.3. The Morgan fingerprint density at radius 3 is 3.29 bits per heavy atom. The third kappa shape index (κ3) is 2.04. The molecule has 0 saturated heterocycles. The fourth-order valence-electron chi connectivity index (χ4n) is 2.32. The molecule has 106 valence electrons. The first-order valence-corrected chi connectivity index (χ1v) is 7.27. The van der Waals surface area contributed by atoms with Gasteiger partial charge in [0.25, 0.3) is 5.91 Å². The zero-order valence-corrected chi connectivity index (χ0v) is 11.8. The van der Waals surface area contributed by atoms with Crippen LogP contribution >= 0.6 is 11.7 Å². The second-order valence-corrected chi connectivity index (χ2v) is 5.21. The summed E-state index contributed by atoms with van der Waals surface area (Å²) in [5, 5.41) is 7.03. The van der Waals surface area contributed by atoms with Gasteiger partial charge in [-0.3, -0.25) is 4.79 Å². The van der Waals surface area contributed by atoms with Crippen LogP contribution in [0.2, 0.25) is 0 Å². The molecule has 0 radical (unpaired) electrons. The van der Waals surface area contributed by atoms with Gasteiger partial charge in [0.2, 0.25) is 5.88 Å². The fourth-order valence-corrected chi connectivity index (χ4v) is 2.87. The van der Waals surface area contributed by atoms with Crippen LogP contribution in [0.1, 0.15) is 16.8 Å². The van der Waals surface area contributed by atoms with Gasteiger partial charge in [0, 0.05) is 13.0 Å². The Balaban J connectivity index is 1.67. The Morgan fingerprint density at radius 1 is 1.38 bits per heavy atom. The molecule has 0 aliphatic carbocycles. The zero-order valence-electron chi connectivity index (χ0n) is 10.9. The molecule has 1 aliphatic heterocycles. The molecule has 0 atom stereocenters.